The summed E-state index contributed by atoms with van der Waals surface area (Å²) in [6.07, 6.45) is 4.72. The standard InChI is InChI=1S/C19H18N6S/c1-11-12(2)19(24-23-17(11)7-20)25-5-4-16-15(10-25)6-14(8-22-16)18-9-21-13(3)26-18/h6,8-9H,4-5,10H2,1-3H3. The van der Waals surface area contributed by atoms with E-state index >= 15 is 0 Å². The number of hydrogen-bond donors (Lipinski definition) is 0. The van der Waals surface area contributed by atoms with E-state index in [2.05, 4.69) is 37.2 Å². The van der Waals surface area contributed by atoms with Crippen molar-refractivity contribution < 1.29 is 0 Å². The van der Waals surface area contributed by atoms with Crippen molar-refractivity contribution in [3.8, 4) is 16.5 Å². The summed E-state index contributed by atoms with van der Waals surface area (Å²) in [7, 11) is 0. The third-order valence-corrected chi connectivity index (χ3v) is 5.81. The van der Waals surface area contributed by atoms with E-state index in [1.54, 1.807) is 11.3 Å². The maximum absolute atomic E-state index is 9.14. The molecule has 4 rings (SSSR count). The van der Waals surface area contributed by atoms with Gasteiger partial charge in [0.15, 0.2) is 11.5 Å². The first kappa shape index (κ1) is 16.6. The molecule has 1 aliphatic rings. The summed E-state index contributed by atoms with van der Waals surface area (Å²) in [5.41, 5.74) is 5.77. The van der Waals surface area contributed by atoms with Crippen LogP contribution in [0.3, 0.4) is 0 Å². The third-order valence-electron chi connectivity index (χ3n) is 4.85. The van der Waals surface area contributed by atoms with Crippen LogP contribution in [0.1, 0.15) is 33.1 Å². The Hall–Kier alpha value is -2.85. The SMILES string of the molecule is Cc1ncc(-c2cnc3c(c2)CN(c2nnc(C#N)c(C)c2C)CC3)s1. The molecule has 0 unspecified atom stereocenters. The number of nitrogens with zero attached hydrogens (tertiary/aromatic N) is 6. The molecule has 0 aromatic carbocycles. The summed E-state index contributed by atoms with van der Waals surface area (Å²) in [5.74, 6) is 0.853. The molecule has 0 spiro atoms. The van der Waals surface area contributed by atoms with Crippen molar-refractivity contribution in [3.63, 3.8) is 0 Å². The lowest BCUT2D eigenvalue weighted by molar-refractivity contribution is 0.692. The molecule has 0 aliphatic carbocycles. The predicted octanol–water partition coefficient (Wildman–Crippen LogP) is 3.35. The van der Waals surface area contributed by atoms with Crippen LogP contribution >= 0.6 is 11.3 Å². The number of rotatable bonds is 2. The van der Waals surface area contributed by atoms with Crippen LogP contribution in [-0.4, -0.2) is 26.7 Å². The van der Waals surface area contributed by atoms with E-state index < -0.39 is 0 Å². The summed E-state index contributed by atoms with van der Waals surface area (Å²) >= 11 is 1.68. The molecule has 3 aromatic heterocycles. The average molecular weight is 362 g/mol. The maximum Gasteiger partial charge on any atom is 0.166 e. The van der Waals surface area contributed by atoms with E-state index in [4.69, 9.17) is 5.26 Å². The largest absolute Gasteiger partial charge is 0.350 e. The number of thiazole rings is 1. The molecule has 0 saturated heterocycles. The highest BCUT2D eigenvalue weighted by Gasteiger charge is 2.22. The Morgan fingerprint density at radius 3 is 2.69 bits per heavy atom. The number of aromatic nitrogens is 4. The van der Waals surface area contributed by atoms with Crippen molar-refractivity contribution in [2.45, 2.75) is 33.7 Å². The van der Waals surface area contributed by atoms with E-state index in [9.17, 15) is 0 Å². The third kappa shape index (κ3) is 2.82. The smallest absolute Gasteiger partial charge is 0.166 e. The Morgan fingerprint density at radius 2 is 1.96 bits per heavy atom. The molecule has 1 aliphatic heterocycles. The lowest BCUT2D eigenvalue weighted by Gasteiger charge is -2.30. The topological polar surface area (TPSA) is 78.6 Å². The molecular formula is C19H18N6S. The van der Waals surface area contributed by atoms with Gasteiger partial charge in [0, 0.05) is 43.2 Å². The Kier molecular flexibility index (Phi) is 4.13. The lowest BCUT2D eigenvalue weighted by Crippen LogP contribution is -2.32. The summed E-state index contributed by atoms with van der Waals surface area (Å²) in [6, 6.07) is 4.31. The number of aryl methyl sites for hydroxylation is 1. The van der Waals surface area contributed by atoms with Gasteiger partial charge in [-0.2, -0.15) is 5.26 Å². The zero-order valence-corrected chi connectivity index (χ0v) is 15.8. The van der Waals surface area contributed by atoms with Crippen molar-refractivity contribution >= 4 is 17.2 Å². The van der Waals surface area contributed by atoms with Gasteiger partial charge >= 0.3 is 0 Å². The van der Waals surface area contributed by atoms with Gasteiger partial charge < -0.3 is 4.90 Å². The van der Waals surface area contributed by atoms with E-state index in [1.807, 2.05) is 33.2 Å². The van der Waals surface area contributed by atoms with Gasteiger partial charge in [-0.25, -0.2) is 4.98 Å². The minimum absolute atomic E-state index is 0.396. The summed E-state index contributed by atoms with van der Waals surface area (Å²) in [4.78, 5) is 12.4. The molecule has 0 atom stereocenters. The van der Waals surface area contributed by atoms with Crippen LogP contribution in [0.4, 0.5) is 5.82 Å². The van der Waals surface area contributed by atoms with Crippen LogP contribution in [0.25, 0.3) is 10.4 Å². The van der Waals surface area contributed by atoms with Crippen LogP contribution in [0.15, 0.2) is 18.5 Å². The quantitative estimate of drug-likeness (QED) is 0.695. The van der Waals surface area contributed by atoms with Crippen LogP contribution < -0.4 is 4.90 Å². The second-order valence-electron chi connectivity index (χ2n) is 6.48. The fourth-order valence-electron chi connectivity index (χ4n) is 3.24. The molecule has 0 amide bonds. The zero-order valence-electron chi connectivity index (χ0n) is 14.9. The van der Waals surface area contributed by atoms with Crippen molar-refractivity contribution in [3.05, 3.63) is 51.5 Å². The Morgan fingerprint density at radius 1 is 1.12 bits per heavy atom. The molecule has 3 aromatic rings. The van der Waals surface area contributed by atoms with E-state index in [-0.39, 0.29) is 0 Å². The second kappa shape index (κ2) is 6.46. The van der Waals surface area contributed by atoms with Gasteiger partial charge in [0.25, 0.3) is 0 Å². The molecule has 6 nitrogen and oxygen atoms in total. The van der Waals surface area contributed by atoms with Gasteiger partial charge in [-0.3, -0.25) is 4.98 Å². The molecule has 0 radical (unpaired) electrons. The van der Waals surface area contributed by atoms with Crippen LogP contribution in [0, 0.1) is 32.1 Å². The number of nitriles is 1. The summed E-state index contributed by atoms with van der Waals surface area (Å²) in [5, 5.41) is 18.6. The molecule has 130 valence electrons. The highest BCUT2D eigenvalue weighted by atomic mass is 32.1. The molecule has 0 bridgehead atoms. The van der Waals surface area contributed by atoms with Gasteiger partial charge in [-0.05, 0) is 43.5 Å². The predicted molar refractivity (Wildman–Crippen MR) is 101 cm³/mol. The Bertz CT molecular complexity index is 1030. The van der Waals surface area contributed by atoms with Crippen LogP contribution in [-0.2, 0) is 13.0 Å². The number of hydrogen-bond acceptors (Lipinski definition) is 7. The Balaban J connectivity index is 1.67. The number of anilines is 1. The fraction of sp³-hybridized carbons (Fsp3) is 0.316. The molecule has 0 N–H and O–H groups in total. The molecular weight excluding hydrogens is 344 g/mol. The van der Waals surface area contributed by atoms with Gasteiger partial charge in [0.1, 0.15) is 6.07 Å². The Labute approximate surface area is 156 Å². The highest BCUT2D eigenvalue weighted by Crippen LogP contribution is 2.30. The fourth-order valence-corrected chi connectivity index (χ4v) is 3.99. The van der Waals surface area contributed by atoms with E-state index in [0.29, 0.717) is 5.69 Å². The van der Waals surface area contributed by atoms with E-state index in [0.717, 1.165) is 57.6 Å². The molecule has 4 heterocycles. The maximum atomic E-state index is 9.14. The number of pyridine rings is 1. The monoisotopic (exact) mass is 362 g/mol. The van der Waals surface area contributed by atoms with Gasteiger partial charge in [-0.1, -0.05) is 0 Å². The molecule has 0 fully saturated rings. The first-order valence-corrected chi connectivity index (χ1v) is 9.28. The first-order valence-electron chi connectivity index (χ1n) is 8.46. The van der Waals surface area contributed by atoms with Crippen LogP contribution in [0.2, 0.25) is 0 Å². The number of fused-ring (bicyclic) bond motifs is 1. The zero-order chi connectivity index (χ0) is 18.3. The first-order chi connectivity index (χ1) is 12.6. The minimum Gasteiger partial charge on any atom is -0.350 e. The van der Waals surface area contributed by atoms with Gasteiger partial charge in [0.2, 0.25) is 0 Å². The second-order valence-corrected chi connectivity index (χ2v) is 7.71. The minimum atomic E-state index is 0.396. The normalized spacial score (nSPS) is 13.4. The van der Waals surface area contributed by atoms with Crippen molar-refractivity contribution in [2.24, 2.45) is 0 Å². The van der Waals surface area contributed by atoms with Gasteiger partial charge in [-0.15, -0.1) is 21.5 Å². The van der Waals surface area contributed by atoms with Gasteiger partial charge in [0.05, 0.1) is 9.88 Å². The molecule has 26 heavy (non-hydrogen) atoms. The van der Waals surface area contributed by atoms with E-state index in [1.165, 1.54) is 5.56 Å². The summed E-state index contributed by atoms with van der Waals surface area (Å²) < 4.78 is 0. The van der Waals surface area contributed by atoms with Crippen LogP contribution in [0.5, 0.6) is 0 Å². The van der Waals surface area contributed by atoms with Crippen molar-refractivity contribution in [1.82, 2.24) is 20.2 Å². The average Bonchev–Trinajstić information content (AvgIpc) is 3.09. The lowest BCUT2D eigenvalue weighted by atomic mass is 10.0. The highest BCUT2D eigenvalue weighted by molar-refractivity contribution is 7.15. The molecule has 0 saturated carbocycles. The summed E-state index contributed by atoms with van der Waals surface area (Å²) in [6.45, 7) is 7.53. The molecule has 7 heteroatoms. The van der Waals surface area contributed by atoms with Crippen molar-refractivity contribution in [2.75, 3.05) is 11.4 Å². The van der Waals surface area contributed by atoms with Crippen molar-refractivity contribution in [1.29, 1.82) is 5.26 Å².